The Morgan fingerprint density at radius 2 is 1.92 bits per heavy atom. The van der Waals surface area contributed by atoms with Crippen LogP contribution < -0.4 is 4.74 Å². The summed E-state index contributed by atoms with van der Waals surface area (Å²) in [6, 6.07) is 4.42. The van der Waals surface area contributed by atoms with Crippen molar-refractivity contribution < 1.29 is 28.6 Å². The van der Waals surface area contributed by atoms with Crippen LogP contribution in [0.4, 0.5) is 4.79 Å². The minimum absolute atomic E-state index is 0.0441. The van der Waals surface area contributed by atoms with Crippen molar-refractivity contribution in [1.29, 1.82) is 0 Å². The molecule has 0 unspecified atom stereocenters. The number of Topliss-reactive ketones (excluding diaryl/α,β-unsaturated/α-hetero) is 1. The molecule has 1 aliphatic carbocycles. The average Bonchev–Trinajstić information content (AvgIpc) is 2.63. The molecule has 2 bridgehead atoms. The maximum atomic E-state index is 12.7. The lowest BCUT2D eigenvalue weighted by Gasteiger charge is -2.45. The molecule has 0 aromatic heterocycles. The van der Waals surface area contributed by atoms with Crippen LogP contribution in [0.5, 0.6) is 5.75 Å². The van der Waals surface area contributed by atoms with E-state index in [1.807, 2.05) is 0 Å². The van der Waals surface area contributed by atoms with Crippen LogP contribution in [0.25, 0.3) is 0 Å². The van der Waals surface area contributed by atoms with Gasteiger partial charge in [-0.15, -0.1) is 0 Å². The monoisotopic (exact) mass is 333 g/mol. The van der Waals surface area contributed by atoms with Crippen LogP contribution in [0, 0.1) is 5.92 Å². The van der Waals surface area contributed by atoms with Crippen LogP contribution in [0.15, 0.2) is 18.2 Å². The molecule has 7 heteroatoms. The quantitative estimate of drug-likeness (QED) is 0.765. The predicted molar refractivity (Wildman–Crippen MR) is 83.1 cm³/mol. The number of piperidine rings is 1. The van der Waals surface area contributed by atoms with Gasteiger partial charge in [0.15, 0.2) is 5.78 Å². The van der Waals surface area contributed by atoms with Gasteiger partial charge in [0.05, 0.1) is 21.3 Å². The van der Waals surface area contributed by atoms with E-state index in [4.69, 9.17) is 14.2 Å². The highest BCUT2D eigenvalue weighted by Crippen LogP contribution is 2.44. The number of hydrogen-bond donors (Lipinski definition) is 0. The molecule has 1 aliphatic heterocycles. The smallest absolute Gasteiger partial charge is 0.410 e. The molecule has 1 heterocycles. The highest BCUT2D eigenvalue weighted by Gasteiger charge is 2.50. The summed E-state index contributed by atoms with van der Waals surface area (Å²) in [7, 11) is 4.07. The molecular formula is C17H19NO6. The molecule has 7 nitrogen and oxygen atoms in total. The van der Waals surface area contributed by atoms with E-state index in [0.29, 0.717) is 17.7 Å². The molecule has 1 amide bonds. The molecule has 128 valence electrons. The Balaban J connectivity index is 2.11. The van der Waals surface area contributed by atoms with Crippen molar-refractivity contribution in [1.82, 2.24) is 4.90 Å². The molecule has 0 radical (unpaired) electrons. The molecule has 1 fully saturated rings. The molecule has 1 aromatic rings. The van der Waals surface area contributed by atoms with Gasteiger partial charge < -0.3 is 14.2 Å². The van der Waals surface area contributed by atoms with Crippen LogP contribution in [-0.2, 0) is 14.3 Å². The van der Waals surface area contributed by atoms with Gasteiger partial charge in [0, 0.05) is 23.9 Å². The van der Waals surface area contributed by atoms with Gasteiger partial charge in [-0.1, -0.05) is 6.07 Å². The number of ether oxygens (including phenoxy) is 3. The number of likely N-dealkylation sites (tertiary alicyclic amines) is 1. The summed E-state index contributed by atoms with van der Waals surface area (Å²) >= 11 is 0. The third-order valence-corrected chi connectivity index (χ3v) is 4.82. The number of esters is 1. The Morgan fingerprint density at radius 3 is 2.54 bits per heavy atom. The zero-order chi connectivity index (χ0) is 17.4. The number of fused-ring (bicyclic) bond motifs is 4. The Kier molecular flexibility index (Phi) is 4.17. The fraction of sp³-hybridized carbons (Fsp3) is 0.471. The molecule has 3 rings (SSSR count). The molecule has 1 aromatic carbocycles. The number of carbonyl (C=O) groups excluding carboxylic acids is 3. The number of amides is 1. The van der Waals surface area contributed by atoms with Gasteiger partial charge in [0.2, 0.25) is 0 Å². The second-order valence-electron chi connectivity index (χ2n) is 5.95. The Hall–Kier alpha value is -2.57. The average molecular weight is 333 g/mol. The van der Waals surface area contributed by atoms with Gasteiger partial charge >= 0.3 is 12.1 Å². The first kappa shape index (κ1) is 16.3. The van der Waals surface area contributed by atoms with Crippen LogP contribution in [-0.4, -0.2) is 56.7 Å². The molecule has 24 heavy (non-hydrogen) atoms. The van der Waals surface area contributed by atoms with Crippen LogP contribution in [0.2, 0.25) is 0 Å². The fourth-order valence-corrected chi connectivity index (χ4v) is 3.70. The summed E-state index contributed by atoms with van der Waals surface area (Å²) in [5, 5.41) is 0. The topological polar surface area (TPSA) is 82.1 Å². The lowest BCUT2D eigenvalue weighted by atomic mass is 9.69. The largest absolute Gasteiger partial charge is 0.497 e. The van der Waals surface area contributed by atoms with Gasteiger partial charge in [-0.3, -0.25) is 9.69 Å². The molecular weight excluding hydrogens is 314 g/mol. The summed E-state index contributed by atoms with van der Waals surface area (Å²) in [4.78, 5) is 38.5. The number of benzene rings is 1. The summed E-state index contributed by atoms with van der Waals surface area (Å²) in [6.45, 7) is 0.137. The molecule has 2 aliphatic rings. The lowest BCUT2D eigenvalue weighted by Crippen LogP contribution is -2.57. The molecule has 0 N–H and O–H groups in total. The van der Waals surface area contributed by atoms with Gasteiger partial charge in [0.1, 0.15) is 11.8 Å². The summed E-state index contributed by atoms with van der Waals surface area (Å²) in [5.41, 5.74) is 1.29. The van der Waals surface area contributed by atoms with Crippen molar-refractivity contribution in [3.63, 3.8) is 0 Å². The van der Waals surface area contributed by atoms with Crippen LogP contribution in [0.3, 0.4) is 0 Å². The third kappa shape index (κ3) is 2.40. The number of carbonyl (C=O) groups is 3. The minimum atomic E-state index is -0.807. The van der Waals surface area contributed by atoms with Gasteiger partial charge in [-0.2, -0.15) is 0 Å². The van der Waals surface area contributed by atoms with Crippen molar-refractivity contribution in [2.75, 3.05) is 27.9 Å². The molecule has 1 saturated heterocycles. The number of hydrogen-bond acceptors (Lipinski definition) is 6. The van der Waals surface area contributed by atoms with Crippen LogP contribution in [0.1, 0.15) is 28.3 Å². The number of methoxy groups -OCH3 is 3. The van der Waals surface area contributed by atoms with E-state index in [-0.39, 0.29) is 24.2 Å². The molecule has 0 saturated carbocycles. The maximum absolute atomic E-state index is 12.7. The van der Waals surface area contributed by atoms with E-state index in [1.54, 1.807) is 18.2 Å². The van der Waals surface area contributed by atoms with E-state index in [2.05, 4.69) is 0 Å². The SMILES string of the molecule is COC(=O)[C@H]1[C@H]2C[C@@H](CN1C(=O)OC)C(=O)c1cc(OC)ccc12. The van der Waals surface area contributed by atoms with Crippen molar-refractivity contribution >= 4 is 17.8 Å². The van der Waals surface area contributed by atoms with Crippen molar-refractivity contribution in [2.24, 2.45) is 5.92 Å². The van der Waals surface area contributed by atoms with E-state index >= 15 is 0 Å². The fourth-order valence-electron chi connectivity index (χ4n) is 3.70. The number of nitrogens with zero attached hydrogens (tertiary/aromatic N) is 1. The zero-order valence-corrected chi connectivity index (χ0v) is 13.8. The Labute approximate surface area is 139 Å². The van der Waals surface area contributed by atoms with Crippen LogP contribution >= 0.6 is 0 Å². The second-order valence-corrected chi connectivity index (χ2v) is 5.95. The summed E-state index contributed by atoms with van der Waals surface area (Å²) < 4.78 is 14.9. The predicted octanol–water partition coefficient (Wildman–Crippen LogP) is 1.60. The van der Waals surface area contributed by atoms with Crippen molar-refractivity contribution in [3.8, 4) is 5.75 Å². The molecule has 0 spiro atoms. The first-order valence-electron chi connectivity index (χ1n) is 7.66. The standard InChI is InChI=1S/C17H19NO6/c1-22-10-4-5-11-12-6-9(15(19)13(11)7-10)8-18(17(21)24-3)14(12)16(20)23-2/h4-5,7,9,12,14H,6,8H2,1-3H3/t9-,12-,14+/m0/s1. The minimum Gasteiger partial charge on any atom is -0.497 e. The van der Waals surface area contributed by atoms with Crippen molar-refractivity contribution in [3.05, 3.63) is 29.3 Å². The maximum Gasteiger partial charge on any atom is 0.410 e. The normalized spacial score (nSPS) is 24.9. The zero-order valence-electron chi connectivity index (χ0n) is 13.8. The first-order chi connectivity index (χ1) is 11.5. The van der Waals surface area contributed by atoms with E-state index in [1.165, 1.54) is 26.2 Å². The van der Waals surface area contributed by atoms with E-state index in [0.717, 1.165) is 5.56 Å². The third-order valence-electron chi connectivity index (χ3n) is 4.82. The second kappa shape index (κ2) is 6.14. The first-order valence-corrected chi connectivity index (χ1v) is 7.66. The van der Waals surface area contributed by atoms with Gasteiger partial charge in [-0.25, -0.2) is 9.59 Å². The van der Waals surface area contributed by atoms with Crippen molar-refractivity contribution in [2.45, 2.75) is 18.4 Å². The summed E-state index contributed by atoms with van der Waals surface area (Å²) in [5.74, 6) is -0.651. The Bertz CT molecular complexity index is 700. The van der Waals surface area contributed by atoms with Gasteiger partial charge in [0.25, 0.3) is 0 Å². The lowest BCUT2D eigenvalue weighted by molar-refractivity contribution is -0.149. The van der Waals surface area contributed by atoms with E-state index < -0.39 is 18.1 Å². The highest BCUT2D eigenvalue weighted by atomic mass is 16.5. The Morgan fingerprint density at radius 1 is 1.17 bits per heavy atom. The summed E-state index contributed by atoms with van der Waals surface area (Å²) in [6.07, 6.45) is -0.129. The highest BCUT2D eigenvalue weighted by molar-refractivity contribution is 6.02. The number of rotatable bonds is 2. The van der Waals surface area contributed by atoms with Gasteiger partial charge in [-0.05, 0) is 24.1 Å². The molecule has 3 atom stereocenters. The number of ketones is 1. The van der Waals surface area contributed by atoms with E-state index in [9.17, 15) is 14.4 Å².